The number of benzene rings is 2. The number of rotatable bonds is 4. The molecule has 21 heavy (non-hydrogen) atoms. The zero-order valence-corrected chi connectivity index (χ0v) is 12.3. The highest BCUT2D eigenvalue weighted by molar-refractivity contribution is 6.30. The molecule has 4 heteroatoms. The fourth-order valence-corrected chi connectivity index (χ4v) is 2.19. The fourth-order valence-electron chi connectivity index (χ4n) is 2.06. The third-order valence-corrected chi connectivity index (χ3v) is 3.50. The molecule has 0 bridgehead atoms. The summed E-state index contributed by atoms with van der Waals surface area (Å²) in [7, 11) is 1.35. The lowest BCUT2D eigenvalue weighted by Crippen LogP contribution is -2.03. The second-order valence-electron chi connectivity index (χ2n) is 4.63. The Balaban J connectivity index is 2.14. The van der Waals surface area contributed by atoms with E-state index in [0.29, 0.717) is 17.0 Å². The molecule has 0 amide bonds. The van der Waals surface area contributed by atoms with Crippen molar-refractivity contribution in [2.75, 3.05) is 7.11 Å². The molecule has 106 valence electrons. The van der Waals surface area contributed by atoms with Crippen LogP contribution < -0.4 is 0 Å². The Hall–Kier alpha value is -2.31. The Labute approximate surface area is 128 Å². The molecule has 0 N–H and O–H groups in total. The van der Waals surface area contributed by atoms with Crippen LogP contribution in [-0.4, -0.2) is 13.1 Å². The predicted molar refractivity (Wildman–Crippen MR) is 81.3 cm³/mol. The third-order valence-electron chi connectivity index (χ3n) is 3.24. The minimum absolute atomic E-state index is 0.244. The van der Waals surface area contributed by atoms with E-state index in [1.54, 1.807) is 24.3 Å². The summed E-state index contributed by atoms with van der Waals surface area (Å²) >= 11 is 5.85. The lowest BCUT2D eigenvalue weighted by molar-refractivity contribution is 0.0600. The van der Waals surface area contributed by atoms with Crippen LogP contribution in [0.15, 0.2) is 48.5 Å². The number of carbonyl (C=O) groups excluding carboxylic acids is 1. The highest BCUT2D eigenvalue weighted by Crippen LogP contribution is 2.22. The first-order valence-electron chi connectivity index (χ1n) is 6.46. The van der Waals surface area contributed by atoms with Gasteiger partial charge in [0, 0.05) is 5.02 Å². The largest absolute Gasteiger partial charge is 0.465 e. The number of nitriles is 1. The summed E-state index contributed by atoms with van der Waals surface area (Å²) in [5.41, 5.74) is 2.42. The molecule has 0 fully saturated rings. The van der Waals surface area contributed by atoms with E-state index in [-0.39, 0.29) is 11.9 Å². The van der Waals surface area contributed by atoms with Crippen molar-refractivity contribution in [2.45, 2.75) is 12.3 Å². The maximum atomic E-state index is 11.4. The van der Waals surface area contributed by atoms with Crippen molar-refractivity contribution in [2.24, 2.45) is 0 Å². The van der Waals surface area contributed by atoms with Crippen LogP contribution in [-0.2, 0) is 11.2 Å². The topological polar surface area (TPSA) is 50.1 Å². The summed E-state index contributed by atoms with van der Waals surface area (Å²) in [5.74, 6) is -0.609. The van der Waals surface area contributed by atoms with Crippen molar-refractivity contribution < 1.29 is 9.53 Å². The quantitative estimate of drug-likeness (QED) is 0.802. The van der Waals surface area contributed by atoms with E-state index < -0.39 is 0 Å². The summed E-state index contributed by atoms with van der Waals surface area (Å²) < 4.78 is 4.66. The van der Waals surface area contributed by atoms with Crippen molar-refractivity contribution >= 4 is 17.6 Å². The van der Waals surface area contributed by atoms with Gasteiger partial charge in [0.25, 0.3) is 0 Å². The molecule has 0 aliphatic rings. The molecule has 0 saturated heterocycles. The molecule has 0 aliphatic heterocycles. The van der Waals surface area contributed by atoms with E-state index in [2.05, 4.69) is 10.8 Å². The Kier molecular flexibility index (Phi) is 4.97. The van der Waals surface area contributed by atoms with E-state index in [9.17, 15) is 10.1 Å². The second kappa shape index (κ2) is 6.92. The lowest BCUT2D eigenvalue weighted by atomic mass is 9.93. The van der Waals surface area contributed by atoms with E-state index in [0.717, 1.165) is 11.1 Å². The molecular weight excluding hydrogens is 286 g/mol. The Bertz CT molecular complexity index is 657. The van der Waals surface area contributed by atoms with Crippen LogP contribution >= 0.6 is 11.6 Å². The Morgan fingerprint density at radius 2 is 1.81 bits per heavy atom. The molecule has 0 aromatic heterocycles. The third kappa shape index (κ3) is 3.84. The van der Waals surface area contributed by atoms with Gasteiger partial charge in [-0.15, -0.1) is 0 Å². The zero-order chi connectivity index (χ0) is 15.2. The van der Waals surface area contributed by atoms with Crippen molar-refractivity contribution in [3.05, 3.63) is 70.2 Å². The van der Waals surface area contributed by atoms with Gasteiger partial charge in [0.05, 0.1) is 24.7 Å². The molecule has 3 nitrogen and oxygen atoms in total. The summed E-state index contributed by atoms with van der Waals surface area (Å²) in [4.78, 5) is 11.4. The normalized spacial score (nSPS) is 11.5. The van der Waals surface area contributed by atoms with Crippen LogP contribution in [0.5, 0.6) is 0 Å². The van der Waals surface area contributed by atoms with Crippen LogP contribution in [0.25, 0.3) is 0 Å². The van der Waals surface area contributed by atoms with E-state index >= 15 is 0 Å². The van der Waals surface area contributed by atoms with Crippen molar-refractivity contribution in [3.8, 4) is 6.07 Å². The van der Waals surface area contributed by atoms with Gasteiger partial charge >= 0.3 is 5.97 Å². The highest BCUT2D eigenvalue weighted by atomic mass is 35.5. The smallest absolute Gasteiger partial charge is 0.337 e. The number of halogens is 1. The molecule has 1 unspecified atom stereocenters. The number of esters is 1. The van der Waals surface area contributed by atoms with Crippen molar-refractivity contribution in [1.82, 2.24) is 0 Å². The minimum atomic E-state index is -0.365. The number of hydrogen-bond donors (Lipinski definition) is 0. The molecule has 0 aliphatic carbocycles. The number of hydrogen-bond acceptors (Lipinski definition) is 3. The summed E-state index contributed by atoms with van der Waals surface area (Å²) in [6.45, 7) is 0. The SMILES string of the molecule is COC(=O)c1ccc(CC(C#N)c2ccc(Cl)cc2)cc1. The maximum absolute atomic E-state index is 11.4. The first-order chi connectivity index (χ1) is 10.1. The monoisotopic (exact) mass is 299 g/mol. The average Bonchev–Trinajstić information content (AvgIpc) is 2.53. The zero-order valence-electron chi connectivity index (χ0n) is 11.5. The molecule has 2 rings (SSSR count). The average molecular weight is 300 g/mol. The Morgan fingerprint density at radius 3 is 2.33 bits per heavy atom. The molecule has 2 aromatic carbocycles. The highest BCUT2D eigenvalue weighted by Gasteiger charge is 2.12. The Morgan fingerprint density at radius 1 is 1.19 bits per heavy atom. The van der Waals surface area contributed by atoms with E-state index in [1.807, 2.05) is 24.3 Å². The minimum Gasteiger partial charge on any atom is -0.465 e. The van der Waals surface area contributed by atoms with Crippen molar-refractivity contribution in [3.63, 3.8) is 0 Å². The number of methoxy groups -OCH3 is 1. The molecule has 0 saturated carbocycles. The predicted octanol–water partition coefficient (Wildman–Crippen LogP) is 3.98. The molecule has 0 heterocycles. The van der Waals surface area contributed by atoms with Crippen molar-refractivity contribution in [1.29, 1.82) is 5.26 Å². The van der Waals surface area contributed by atoms with Crippen LogP contribution in [0.2, 0.25) is 5.02 Å². The van der Waals surface area contributed by atoms with Gasteiger partial charge in [-0.1, -0.05) is 35.9 Å². The van der Waals surface area contributed by atoms with Gasteiger partial charge in [0.15, 0.2) is 0 Å². The van der Waals surface area contributed by atoms with Gasteiger partial charge in [-0.3, -0.25) is 0 Å². The lowest BCUT2D eigenvalue weighted by Gasteiger charge is -2.10. The number of nitrogens with zero attached hydrogens (tertiary/aromatic N) is 1. The number of ether oxygens (including phenoxy) is 1. The number of carbonyl (C=O) groups is 1. The van der Waals surface area contributed by atoms with E-state index in [4.69, 9.17) is 11.6 Å². The van der Waals surface area contributed by atoms with Crippen LogP contribution in [0.1, 0.15) is 27.4 Å². The van der Waals surface area contributed by atoms with Crippen LogP contribution in [0.4, 0.5) is 0 Å². The first kappa shape index (κ1) is 15.1. The molecule has 0 spiro atoms. The fraction of sp³-hybridized carbons (Fsp3) is 0.176. The molecule has 1 atom stereocenters. The maximum Gasteiger partial charge on any atom is 0.337 e. The summed E-state index contributed by atoms with van der Waals surface area (Å²) in [5, 5.41) is 9.98. The molecule has 0 radical (unpaired) electrons. The molecule has 2 aromatic rings. The van der Waals surface area contributed by atoms with Gasteiger partial charge in [-0.05, 0) is 41.8 Å². The van der Waals surface area contributed by atoms with Gasteiger partial charge in [-0.2, -0.15) is 5.26 Å². The van der Waals surface area contributed by atoms with Crippen LogP contribution in [0, 0.1) is 11.3 Å². The van der Waals surface area contributed by atoms with Gasteiger partial charge in [-0.25, -0.2) is 4.79 Å². The second-order valence-corrected chi connectivity index (χ2v) is 5.06. The first-order valence-corrected chi connectivity index (χ1v) is 6.84. The van der Waals surface area contributed by atoms with Gasteiger partial charge < -0.3 is 4.74 Å². The standard InChI is InChI=1S/C17H14ClNO2/c1-21-17(20)14-4-2-12(3-5-14)10-15(11-19)13-6-8-16(18)9-7-13/h2-9,15H,10H2,1H3. The van der Waals surface area contributed by atoms with E-state index in [1.165, 1.54) is 7.11 Å². The summed E-state index contributed by atoms with van der Waals surface area (Å²) in [6, 6.07) is 16.7. The van der Waals surface area contributed by atoms with Gasteiger partial charge in [0.1, 0.15) is 0 Å². The molecular formula is C17H14ClNO2. The summed E-state index contributed by atoms with van der Waals surface area (Å²) in [6.07, 6.45) is 0.583. The van der Waals surface area contributed by atoms with Gasteiger partial charge in [0.2, 0.25) is 0 Å². The van der Waals surface area contributed by atoms with Crippen LogP contribution in [0.3, 0.4) is 0 Å².